The molecule has 4 heteroatoms. The molecule has 2 N–H and O–H groups in total. The number of nitrogens with one attached hydrogen (secondary N) is 1. The molecule has 0 saturated carbocycles. The van der Waals surface area contributed by atoms with E-state index in [1.807, 2.05) is 12.1 Å². The van der Waals surface area contributed by atoms with Crippen molar-refractivity contribution in [2.45, 2.75) is 12.8 Å². The molecule has 2 aromatic rings. The second-order valence-corrected chi connectivity index (χ2v) is 4.71. The Kier molecular flexibility index (Phi) is 3.21. The van der Waals surface area contributed by atoms with Gasteiger partial charge in [0.1, 0.15) is 0 Å². The molecular formula is C16H14N2O2. The molecule has 100 valence electrons. The smallest absolute Gasteiger partial charge is 0.335 e. The van der Waals surface area contributed by atoms with Crippen molar-refractivity contribution in [2.24, 2.45) is 5.10 Å². The van der Waals surface area contributed by atoms with Crippen molar-refractivity contribution in [3.63, 3.8) is 0 Å². The fourth-order valence-electron chi connectivity index (χ4n) is 2.38. The number of hydrogen-bond acceptors (Lipinski definition) is 3. The predicted octanol–water partition coefficient (Wildman–Crippen LogP) is 3.15. The molecule has 0 spiro atoms. The van der Waals surface area contributed by atoms with Crippen molar-refractivity contribution < 1.29 is 9.90 Å². The van der Waals surface area contributed by atoms with E-state index < -0.39 is 5.97 Å². The van der Waals surface area contributed by atoms with E-state index in [0.29, 0.717) is 5.69 Å². The molecule has 1 aliphatic carbocycles. The number of carboxylic acids is 1. The van der Waals surface area contributed by atoms with Crippen LogP contribution in [0, 0.1) is 0 Å². The minimum atomic E-state index is -0.937. The number of hydrogen-bond donors (Lipinski definition) is 2. The zero-order valence-corrected chi connectivity index (χ0v) is 10.8. The second kappa shape index (κ2) is 5.17. The minimum Gasteiger partial charge on any atom is -0.478 e. The highest BCUT2D eigenvalue weighted by atomic mass is 16.4. The van der Waals surface area contributed by atoms with Crippen LogP contribution in [0.25, 0.3) is 0 Å². The molecule has 0 heterocycles. The van der Waals surface area contributed by atoms with Crippen LogP contribution >= 0.6 is 0 Å². The highest BCUT2D eigenvalue weighted by Gasteiger charge is 2.16. The Morgan fingerprint density at radius 2 is 1.95 bits per heavy atom. The van der Waals surface area contributed by atoms with Crippen molar-refractivity contribution in [1.29, 1.82) is 0 Å². The standard InChI is InChI=1S/C16H14N2O2/c19-16(20)12-5-3-6-13(10-12)17-18-15-9-8-11-4-1-2-7-14(11)15/h1-7,10,17H,8-9H2,(H,19,20)/b18-15+. The van der Waals surface area contributed by atoms with Crippen LogP contribution in [0.4, 0.5) is 5.69 Å². The summed E-state index contributed by atoms with van der Waals surface area (Å²) in [5, 5.41) is 13.4. The first kappa shape index (κ1) is 12.4. The topological polar surface area (TPSA) is 61.7 Å². The van der Waals surface area contributed by atoms with Gasteiger partial charge in [-0.3, -0.25) is 5.43 Å². The summed E-state index contributed by atoms with van der Waals surface area (Å²) in [5.74, 6) is -0.937. The highest BCUT2D eigenvalue weighted by Crippen LogP contribution is 2.22. The lowest BCUT2D eigenvalue weighted by Gasteiger charge is -2.04. The molecule has 0 aromatic heterocycles. The summed E-state index contributed by atoms with van der Waals surface area (Å²) < 4.78 is 0. The van der Waals surface area contributed by atoms with Crippen LogP contribution in [0.5, 0.6) is 0 Å². The van der Waals surface area contributed by atoms with Gasteiger partial charge in [0.25, 0.3) is 0 Å². The van der Waals surface area contributed by atoms with E-state index in [9.17, 15) is 4.79 Å². The lowest BCUT2D eigenvalue weighted by atomic mass is 10.1. The van der Waals surface area contributed by atoms with E-state index in [2.05, 4.69) is 22.7 Å². The summed E-state index contributed by atoms with van der Waals surface area (Å²) in [5.41, 5.74) is 7.38. The largest absolute Gasteiger partial charge is 0.478 e. The summed E-state index contributed by atoms with van der Waals surface area (Å²) in [6.07, 6.45) is 1.91. The van der Waals surface area contributed by atoms with Crippen molar-refractivity contribution in [2.75, 3.05) is 5.43 Å². The lowest BCUT2D eigenvalue weighted by molar-refractivity contribution is 0.0697. The van der Waals surface area contributed by atoms with Crippen LogP contribution in [-0.2, 0) is 6.42 Å². The number of nitrogens with zero attached hydrogens (tertiary/aromatic N) is 1. The monoisotopic (exact) mass is 266 g/mol. The Morgan fingerprint density at radius 3 is 2.80 bits per heavy atom. The Hall–Kier alpha value is -2.62. The fourth-order valence-corrected chi connectivity index (χ4v) is 2.38. The number of hydrazone groups is 1. The number of carboxylic acid groups (broad SMARTS) is 1. The predicted molar refractivity (Wildman–Crippen MR) is 78.3 cm³/mol. The minimum absolute atomic E-state index is 0.252. The number of aryl methyl sites for hydroxylation is 1. The molecule has 0 aliphatic heterocycles. The number of aromatic carboxylic acids is 1. The zero-order valence-electron chi connectivity index (χ0n) is 10.8. The van der Waals surface area contributed by atoms with Gasteiger partial charge in [-0.15, -0.1) is 0 Å². The number of benzene rings is 2. The van der Waals surface area contributed by atoms with Gasteiger partial charge in [0.05, 0.1) is 17.0 Å². The molecule has 3 rings (SSSR count). The number of rotatable bonds is 3. The van der Waals surface area contributed by atoms with Gasteiger partial charge in [-0.05, 0) is 36.6 Å². The molecule has 4 nitrogen and oxygen atoms in total. The van der Waals surface area contributed by atoms with Gasteiger partial charge in [0.15, 0.2) is 0 Å². The number of anilines is 1. The van der Waals surface area contributed by atoms with Crippen LogP contribution in [-0.4, -0.2) is 16.8 Å². The normalized spacial score (nSPS) is 15.1. The molecule has 0 amide bonds. The Balaban J connectivity index is 1.82. The van der Waals surface area contributed by atoms with Crippen molar-refractivity contribution in [3.8, 4) is 0 Å². The molecule has 2 aromatic carbocycles. The van der Waals surface area contributed by atoms with E-state index in [0.717, 1.165) is 18.6 Å². The maximum absolute atomic E-state index is 10.9. The molecule has 0 bridgehead atoms. The average molecular weight is 266 g/mol. The molecule has 20 heavy (non-hydrogen) atoms. The van der Waals surface area contributed by atoms with Crippen LogP contribution in [0.3, 0.4) is 0 Å². The third-order valence-corrected chi connectivity index (χ3v) is 3.39. The maximum Gasteiger partial charge on any atom is 0.335 e. The van der Waals surface area contributed by atoms with E-state index in [-0.39, 0.29) is 5.56 Å². The molecule has 0 fully saturated rings. The van der Waals surface area contributed by atoms with Gasteiger partial charge in [0, 0.05) is 5.56 Å². The summed E-state index contributed by atoms with van der Waals surface area (Å²) in [7, 11) is 0. The first-order chi connectivity index (χ1) is 9.74. The second-order valence-electron chi connectivity index (χ2n) is 4.71. The zero-order chi connectivity index (χ0) is 13.9. The Morgan fingerprint density at radius 1 is 1.10 bits per heavy atom. The van der Waals surface area contributed by atoms with E-state index in [1.165, 1.54) is 11.1 Å². The van der Waals surface area contributed by atoms with Gasteiger partial charge >= 0.3 is 5.97 Å². The van der Waals surface area contributed by atoms with Crippen molar-refractivity contribution in [3.05, 3.63) is 65.2 Å². The van der Waals surface area contributed by atoms with Gasteiger partial charge in [-0.25, -0.2) is 4.79 Å². The molecule has 0 saturated heterocycles. The first-order valence-corrected chi connectivity index (χ1v) is 6.48. The summed E-state index contributed by atoms with van der Waals surface area (Å²) in [6.45, 7) is 0. The molecule has 0 unspecified atom stereocenters. The third-order valence-electron chi connectivity index (χ3n) is 3.39. The maximum atomic E-state index is 10.9. The quantitative estimate of drug-likeness (QED) is 0.839. The summed E-state index contributed by atoms with van der Waals surface area (Å²) in [4.78, 5) is 10.9. The lowest BCUT2D eigenvalue weighted by Crippen LogP contribution is -2.01. The van der Waals surface area contributed by atoms with Gasteiger partial charge in [0.2, 0.25) is 0 Å². The van der Waals surface area contributed by atoms with Gasteiger partial charge in [-0.1, -0.05) is 30.3 Å². The van der Waals surface area contributed by atoms with E-state index in [4.69, 9.17) is 5.11 Å². The average Bonchev–Trinajstić information content (AvgIpc) is 2.89. The van der Waals surface area contributed by atoms with Gasteiger partial charge < -0.3 is 5.11 Å². The fraction of sp³-hybridized carbons (Fsp3) is 0.125. The van der Waals surface area contributed by atoms with Crippen LogP contribution in [0.2, 0.25) is 0 Å². The Labute approximate surface area is 116 Å². The molecule has 0 radical (unpaired) electrons. The first-order valence-electron chi connectivity index (χ1n) is 6.48. The third kappa shape index (κ3) is 2.40. The molecule has 0 atom stereocenters. The highest BCUT2D eigenvalue weighted by molar-refractivity contribution is 6.04. The van der Waals surface area contributed by atoms with Crippen LogP contribution in [0.15, 0.2) is 53.6 Å². The number of carbonyl (C=O) groups is 1. The Bertz CT molecular complexity index is 692. The summed E-state index contributed by atoms with van der Waals surface area (Å²) in [6, 6.07) is 14.9. The van der Waals surface area contributed by atoms with Gasteiger partial charge in [-0.2, -0.15) is 5.10 Å². The van der Waals surface area contributed by atoms with Crippen molar-refractivity contribution in [1.82, 2.24) is 0 Å². The summed E-state index contributed by atoms with van der Waals surface area (Å²) >= 11 is 0. The van der Waals surface area contributed by atoms with E-state index >= 15 is 0 Å². The number of fused-ring (bicyclic) bond motifs is 1. The molecule has 1 aliphatic rings. The molecular weight excluding hydrogens is 252 g/mol. The van der Waals surface area contributed by atoms with E-state index in [1.54, 1.807) is 24.3 Å². The van der Waals surface area contributed by atoms with Crippen LogP contribution in [0.1, 0.15) is 27.9 Å². The van der Waals surface area contributed by atoms with Crippen molar-refractivity contribution >= 4 is 17.4 Å². The van der Waals surface area contributed by atoms with Crippen LogP contribution < -0.4 is 5.43 Å². The SMILES string of the molecule is O=C(O)c1cccc(N/N=C2\CCc3ccccc32)c1.